The molecule has 0 aromatic heterocycles. The van der Waals surface area contributed by atoms with Crippen LogP contribution in [0.4, 0.5) is 13.2 Å². The van der Waals surface area contributed by atoms with Gasteiger partial charge in [0, 0.05) is 17.9 Å². The zero-order valence-corrected chi connectivity index (χ0v) is 19.4. The van der Waals surface area contributed by atoms with E-state index in [-0.39, 0.29) is 41.3 Å². The standard InChI is InChI=1S/C22H25F3N6O2S/c1-30(2)14-16-9-7-15(8-10-16)11-21(26)19(31(32)33)13-28-20(29-21)27-12-17-5-3-4-6-18(17)34-22(23,24)25/h3-10,13H,11-12,14,26H2,1-2H3,(H2,27,28,29). The molecule has 0 spiro atoms. The Balaban J connectivity index is 1.80. The van der Waals surface area contributed by atoms with Crippen molar-refractivity contribution < 1.29 is 18.1 Å². The van der Waals surface area contributed by atoms with Crippen molar-refractivity contribution in [2.24, 2.45) is 10.7 Å². The van der Waals surface area contributed by atoms with E-state index in [2.05, 4.69) is 15.6 Å². The summed E-state index contributed by atoms with van der Waals surface area (Å²) < 4.78 is 38.5. The lowest BCUT2D eigenvalue weighted by Gasteiger charge is -2.32. The molecular weight excluding hydrogens is 469 g/mol. The number of benzene rings is 2. The van der Waals surface area contributed by atoms with Gasteiger partial charge in [-0.15, -0.1) is 0 Å². The van der Waals surface area contributed by atoms with E-state index in [1.165, 1.54) is 12.1 Å². The van der Waals surface area contributed by atoms with Crippen LogP contribution in [-0.2, 0) is 19.5 Å². The van der Waals surface area contributed by atoms with Gasteiger partial charge in [0.15, 0.2) is 11.6 Å². The predicted octanol–water partition coefficient (Wildman–Crippen LogP) is 3.42. The number of alkyl halides is 3. The molecule has 4 N–H and O–H groups in total. The van der Waals surface area contributed by atoms with E-state index in [4.69, 9.17) is 5.73 Å². The maximum absolute atomic E-state index is 12.8. The van der Waals surface area contributed by atoms with Crippen molar-refractivity contribution in [2.45, 2.75) is 35.6 Å². The second kappa shape index (κ2) is 10.5. The number of hydrogen-bond acceptors (Lipinski definition) is 6. The van der Waals surface area contributed by atoms with Gasteiger partial charge in [0.05, 0.1) is 17.7 Å². The first-order valence-electron chi connectivity index (χ1n) is 10.2. The van der Waals surface area contributed by atoms with Gasteiger partial charge in [-0.05, 0) is 48.6 Å². The monoisotopic (exact) mass is 494 g/mol. The highest BCUT2D eigenvalue weighted by Crippen LogP contribution is 2.38. The first-order valence-corrected chi connectivity index (χ1v) is 11.1. The van der Waals surface area contributed by atoms with Crippen LogP contribution >= 0.6 is 11.8 Å². The summed E-state index contributed by atoms with van der Waals surface area (Å²) in [5, 5.41) is 17.2. The highest BCUT2D eigenvalue weighted by molar-refractivity contribution is 8.00. The molecule has 1 atom stereocenters. The Morgan fingerprint density at radius 3 is 2.41 bits per heavy atom. The smallest absolute Gasteiger partial charge is 0.329 e. The number of nitrogens with one attached hydrogen (secondary N) is 2. The van der Waals surface area contributed by atoms with Crippen molar-refractivity contribution in [1.29, 1.82) is 0 Å². The van der Waals surface area contributed by atoms with Crippen LogP contribution in [0.3, 0.4) is 0 Å². The SMILES string of the molecule is CN(C)Cc1ccc(CC2(N)NC(=NCc3ccccc3SC(F)(F)F)NC=C2[N+](=O)[O-])cc1. The Kier molecular flexibility index (Phi) is 7.85. The Morgan fingerprint density at radius 2 is 1.79 bits per heavy atom. The normalized spacial score (nSPS) is 19.5. The molecule has 0 saturated carbocycles. The molecule has 0 amide bonds. The summed E-state index contributed by atoms with van der Waals surface area (Å²) in [6.45, 7) is 0.673. The van der Waals surface area contributed by atoms with Crippen molar-refractivity contribution in [3.05, 3.63) is 87.2 Å². The molecule has 0 fully saturated rings. The molecule has 1 heterocycles. The molecule has 12 heteroatoms. The van der Waals surface area contributed by atoms with Crippen molar-refractivity contribution in [1.82, 2.24) is 15.5 Å². The molecule has 2 aromatic carbocycles. The minimum absolute atomic E-state index is 0.0357. The minimum Gasteiger partial charge on any atom is -0.329 e. The van der Waals surface area contributed by atoms with Crippen molar-refractivity contribution in [2.75, 3.05) is 14.1 Å². The fraction of sp³-hybridized carbons (Fsp3) is 0.318. The topological polar surface area (TPSA) is 109 Å². The molecule has 2 aromatic rings. The first kappa shape index (κ1) is 25.5. The van der Waals surface area contributed by atoms with Crippen LogP contribution in [0.5, 0.6) is 0 Å². The van der Waals surface area contributed by atoms with Gasteiger partial charge in [-0.2, -0.15) is 13.2 Å². The van der Waals surface area contributed by atoms with Crippen LogP contribution in [0, 0.1) is 10.1 Å². The lowest BCUT2D eigenvalue weighted by atomic mass is 9.95. The summed E-state index contributed by atoms with van der Waals surface area (Å²) in [5.41, 5.74) is 2.37. The third kappa shape index (κ3) is 6.95. The van der Waals surface area contributed by atoms with E-state index in [9.17, 15) is 23.3 Å². The number of aliphatic imine (C=N–C) groups is 1. The largest absolute Gasteiger partial charge is 0.446 e. The van der Waals surface area contributed by atoms with E-state index in [1.807, 2.05) is 43.3 Å². The third-order valence-corrected chi connectivity index (χ3v) is 5.80. The average molecular weight is 495 g/mol. The van der Waals surface area contributed by atoms with Gasteiger partial charge in [0.25, 0.3) is 0 Å². The molecule has 3 rings (SSSR count). The highest BCUT2D eigenvalue weighted by Gasteiger charge is 2.42. The lowest BCUT2D eigenvalue weighted by Crippen LogP contribution is -2.65. The lowest BCUT2D eigenvalue weighted by molar-refractivity contribution is -0.436. The second-order valence-corrected chi connectivity index (χ2v) is 9.19. The molecular formula is C22H25F3N6O2S. The summed E-state index contributed by atoms with van der Waals surface area (Å²) >= 11 is -0.215. The van der Waals surface area contributed by atoms with Crippen LogP contribution in [0.15, 0.2) is 70.3 Å². The van der Waals surface area contributed by atoms with Gasteiger partial charge in [-0.25, -0.2) is 4.99 Å². The molecule has 182 valence electrons. The number of nitro groups is 1. The molecule has 8 nitrogen and oxygen atoms in total. The van der Waals surface area contributed by atoms with Crippen LogP contribution < -0.4 is 16.4 Å². The molecule has 1 aliphatic rings. The van der Waals surface area contributed by atoms with Crippen LogP contribution in [0.25, 0.3) is 0 Å². The molecule has 0 radical (unpaired) electrons. The number of thioether (sulfide) groups is 1. The summed E-state index contributed by atoms with van der Waals surface area (Å²) in [4.78, 5) is 17.4. The Morgan fingerprint density at radius 1 is 1.15 bits per heavy atom. The van der Waals surface area contributed by atoms with E-state index in [0.717, 1.165) is 23.9 Å². The highest BCUT2D eigenvalue weighted by atomic mass is 32.2. The molecule has 34 heavy (non-hydrogen) atoms. The zero-order valence-electron chi connectivity index (χ0n) is 18.6. The van der Waals surface area contributed by atoms with Gasteiger partial charge < -0.3 is 15.5 Å². The minimum atomic E-state index is -4.43. The predicted molar refractivity (Wildman–Crippen MR) is 125 cm³/mol. The van der Waals surface area contributed by atoms with Crippen molar-refractivity contribution in [3.63, 3.8) is 0 Å². The number of guanidine groups is 1. The van der Waals surface area contributed by atoms with E-state index in [0.29, 0.717) is 5.56 Å². The maximum atomic E-state index is 12.8. The van der Waals surface area contributed by atoms with E-state index < -0.39 is 16.1 Å². The van der Waals surface area contributed by atoms with Gasteiger partial charge in [0.2, 0.25) is 0 Å². The first-order chi connectivity index (χ1) is 15.9. The van der Waals surface area contributed by atoms with Gasteiger partial charge >= 0.3 is 11.2 Å². The Hall–Kier alpha value is -3.09. The molecule has 1 unspecified atom stereocenters. The van der Waals surface area contributed by atoms with Crippen LogP contribution in [0.2, 0.25) is 0 Å². The number of halogens is 3. The van der Waals surface area contributed by atoms with Crippen LogP contribution in [-0.4, -0.2) is 41.0 Å². The van der Waals surface area contributed by atoms with Gasteiger partial charge in [-0.3, -0.25) is 15.8 Å². The number of rotatable bonds is 8. The molecule has 0 bridgehead atoms. The van der Waals surface area contributed by atoms with Crippen molar-refractivity contribution >= 4 is 17.7 Å². The molecule has 0 aliphatic carbocycles. The quantitative estimate of drug-likeness (QED) is 0.293. The summed E-state index contributed by atoms with van der Waals surface area (Å²) in [6, 6.07) is 13.6. The third-order valence-electron chi connectivity index (χ3n) is 4.95. The summed E-state index contributed by atoms with van der Waals surface area (Å²) in [6.07, 6.45) is 1.26. The Bertz CT molecular complexity index is 1090. The average Bonchev–Trinajstić information content (AvgIpc) is 2.72. The zero-order chi connectivity index (χ0) is 24.9. The van der Waals surface area contributed by atoms with Gasteiger partial charge in [-0.1, -0.05) is 42.5 Å². The maximum Gasteiger partial charge on any atom is 0.446 e. The number of hydrogen-bond donors (Lipinski definition) is 3. The van der Waals surface area contributed by atoms with Gasteiger partial charge in [0.1, 0.15) is 0 Å². The van der Waals surface area contributed by atoms with E-state index >= 15 is 0 Å². The van der Waals surface area contributed by atoms with E-state index in [1.54, 1.807) is 12.1 Å². The molecule has 1 aliphatic heterocycles. The summed E-state index contributed by atoms with van der Waals surface area (Å²) in [5.74, 6) is 0.129. The van der Waals surface area contributed by atoms with Crippen LogP contribution in [0.1, 0.15) is 16.7 Å². The number of nitrogens with zero attached hydrogens (tertiary/aromatic N) is 3. The molecule has 0 saturated heterocycles. The number of nitrogens with two attached hydrogens (primary N) is 1. The fourth-order valence-corrected chi connectivity index (χ4v) is 4.14. The summed E-state index contributed by atoms with van der Waals surface area (Å²) in [7, 11) is 3.91. The Labute approximate surface area is 199 Å². The second-order valence-electron chi connectivity index (χ2n) is 8.08. The van der Waals surface area contributed by atoms with Crippen molar-refractivity contribution in [3.8, 4) is 0 Å². The fourth-order valence-electron chi connectivity index (χ4n) is 3.49.